The molecule has 1 saturated carbocycles. The highest BCUT2D eigenvalue weighted by molar-refractivity contribution is 8.76. The van der Waals surface area contributed by atoms with E-state index in [9.17, 15) is 0 Å². The molecule has 2 N–H and O–H groups in total. The number of nitrogens with zero attached hydrogens (tertiary/aromatic N) is 4. The van der Waals surface area contributed by atoms with Crippen LogP contribution >= 0.6 is 21.6 Å². The van der Waals surface area contributed by atoms with E-state index in [2.05, 4.69) is 23.6 Å². The van der Waals surface area contributed by atoms with Crippen molar-refractivity contribution >= 4 is 21.6 Å². The molecule has 7 heteroatoms. The lowest BCUT2D eigenvalue weighted by molar-refractivity contribution is 0.649. The zero-order valence-electron chi connectivity index (χ0n) is 13.3. The first-order valence-corrected chi connectivity index (χ1v) is 9.94. The summed E-state index contributed by atoms with van der Waals surface area (Å²) in [6.07, 6.45) is 2.37. The number of nitrogens with two attached hydrogens (primary N) is 1. The third kappa shape index (κ3) is 3.44. The first-order chi connectivity index (χ1) is 11.7. The molecule has 24 heavy (non-hydrogen) atoms. The molecule has 1 aliphatic carbocycles. The largest absolute Gasteiger partial charge is 0.324 e. The van der Waals surface area contributed by atoms with Crippen LogP contribution in [0.4, 0.5) is 0 Å². The Morgan fingerprint density at radius 3 is 2.38 bits per heavy atom. The van der Waals surface area contributed by atoms with Gasteiger partial charge < -0.3 is 10.3 Å². The van der Waals surface area contributed by atoms with Crippen LogP contribution < -0.4 is 5.73 Å². The van der Waals surface area contributed by atoms with Crippen molar-refractivity contribution in [1.29, 1.82) is 10.5 Å². The van der Waals surface area contributed by atoms with E-state index in [-0.39, 0.29) is 0 Å². The van der Waals surface area contributed by atoms with Crippen LogP contribution in [0.3, 0.4) is 0 Å². The van der Waals surface area contributed by atoms with Crippen LogP contribution in [0.2, 0.25) is 0 Å². The van der Waals surface area contributed by atoms with Crippen LogP contribution in [-0.2, 0) is 13.1 Å². The topological polar surface area (TPSA) is 91.4 Å². The van der Waals surface area contributed by atoms with Gasteiger partial charge in [0.05, 0.1) is 35.5 Å². The summed E-state index contributed by atoms with van der Waals surface area (Å²) in [5.74, 6) is 1.47. The van der Waals surface area contributed by atoms with Crippen LogP contribution in [-0.4, -0.2) is 9.55 Å². The Bertz CT molecular complexity index is 808. The molecule has 0 saturated heterocycles. The summed E-state index contributed by atoms with van der Waals surface area (Å²) >= 11 is 0. The maximum absolute atomic E-state index is 9.11. The molecule has 0 aliphatic heterocycles. The summed E-state index contributed by atoms with van der Waals surface area (Å²) in [5.41, 5.74) is 8.00. The Balaban J connectivity index is 1.88. The normalized spacial score (nSPS) is 13.5. The molecular formula is C17H17N5S2. The van der Waals surface area contributed by atoms with Crippen molar-refractivity contribution in [2.45, 2.75) is 48.7 Å². The highest BCUT2D eigenvalue weighted by atomic mass is 33.1. The first-order valence-electron chi connectivity index (χ1n) is 7.79. The van der Waals surface area contributed by atoms with Gasteiger partial charge in [0.2, 0.25) is 0 Å². The molecule has 1 heterocycles. The fraction of sp³-hybridized carbons (Fsp3) is 0.353. The zero-order chi connectivity index (χ0) is 17.1. The van der Waals surface area contributed by atoms with E-state index in [0.29, 0.717) is 23.6 Å². The fourth-order valence-corrected chi connectivity index (χ4v) is 5.05. The second-order valence-electron chi connectivity index (χ2n) is 5.58. The van der Waals surface area contributed by atoms with Crippen LogP contribution in [0.5, 0.6) is 0 Å². The minimum atomic E-state index is 0.432. The number of aromatic nitrogens is 2. The van der Waals surface area contributed by atoms with Crippen molar-refractivity contribution in [3.05, 3.63) is 40.8 Å². The molecule has 1 aromatic carbocycles. The molecule has 122 valence electrons. The standard InChI is InChI=1S/C17H17N5S2/c1-2-22-15(10-20)21-16(13-3-4-13)17(22)24-23-14-6-11(8-18)5-12(7-14)9-19/h5-7,13H,2-4,10,20H2,1H3. The lowest BCUT2D eigenvalue weighted by Crippen LogP contribution is -2.07. The molecule has 1 aromatic heterocycles. The Kier molecular flexibility index (Phi) is 5.15. The predicted octanol–water partition coefficient (Wildman–Crippen LogP) is 3.78. The van der Waals surface area contributed by atoms with Gasteiger partial charge in [-0.25, -0.2) is 4.98 Å². The number of hydrogen-bond donors (Lipinski definition) is 1. The minimum Gasteiger partial charge on any atom is -0.324 e. The quantitative estimate of drug-likeness (QED) is 0.793. The summed E-state index contributed by atoms with van der Waals surface area (Å²) in [7, 11) is 3.20. The Labute approximate surface area is 149 Å². The fourth-order valence-electron chi connectivity index (χ4n) is 2.56. The van der Waals surface area contributed by atoms with Gasteiger partial charge in [-0.1, -0.05) is 10.8 Å². The van der Waals surface area contributed by atoms with E-state index >= 15 is 0 Å². The Hall–Kier alpha value is -1.93. The molecule has 2 aromatic rings. The van der Waals surface area contributed by atoms with E-state index in [4.69, 9.17) is 21.2 Å². The molecular weight excluding hydrogens is 338 g/mol. The maximum Gasteiger partial charge on any atom is 0.123 e. The van der Waals surface area contributed by atoms with Crippen molar-refractivity contribution < 1.29 is 0 Å². The number of benzene rings is 1. The second kappa shape index (κ2) is 7.31. The van der Waals surface area contributed by atoms with Crippen LogP contribution in [0.1, 0.15) is 48.3 Å². The summed E-state index contributed by atoms with van der Waals surface area (Å²) in [4.78, 5) is 5.64. The highest BCUT2D eigenvalue weighted by Crippen LogP contribution is 2.48. The number of nitriles is 2. The second-order valence-corrected chi connectivity index (χ2v) is 7.77. The number of hydrogen-bond acceptors (Lipinski definition) is 6. The van der Waals surface area contributed by atoms with Gasteiger partial charge in [0.1, 0.15) is 10.9 Å². The van der Waals surface area contributed by atoms with Gasteiger partial charge in [0.25, 0.3) is 0 Å². The van der Waals surface area contributed by atoms with Crippen LogP contribution in [0.25, 0.3) is 0 Å². The number of rotatable bonds is 6. The van der Waals surface area contributed by atoms with Gasteiger partial charge in [-0.2, -0.15) is 10.5 Å². The lowest BCUT2D eigenvalue weighted by Gasteiger charge is -2.09. The van der Waals surface area contributed by atoms with Crippen molar-refractivity contribution in [3.8, 4) is 12.1 Å². The maximum atomic E-state index is 9.11. The highest BCUT2D eigenvalue weighted by Gasteiger charge is 2.31. The van der Waals surface area contributed by atoms with Gasteiger partial charge in [-0.3, -0.25) is 0 Å². The SMILES string of the molecule is CCn1c(CN)nc(C2CC2)c1SSc1cc(C#N)cc(C#N)c1. The summed E-state index contributed by atoms with van der Waals surface area (Å²) in [5, 5.41) is 19.4. The molecule has 1 fully saturated rings. The van der Waals surface area contributed by atoms with Crippen molar-refractivity contribution in [3.63, 3.8) is 0 Å². The van der Waals surface area contributed by atoms with Crippen LogP contribution in [0.15, 0.2) is 28.1 Å². The molecule has 1 aliphatic rings. The molecule has 3 rings (SSSR count). The average molecular weight is 355 g/mol. The molecule has 0 unspecified atom stereocenters. The Morgan fingerprint density at radius 2 is 1.88 bits per heavy atom. The molecule has 0 amide bonds. The van der Waals surface area contributed by atoms with Crippen LogP contribution in [0, 0.1) is 22.7 Å². The first kappa shape index (κ1) is 16.9. The van der Waals surface area contributed by atoms with E-state index in [1.165, 1.54) is 12.8 Å². The van der Waals surface area contributed by atoms with Gasteiger partial charge in [0.15, 0.2) is 0 Å². The monoisotopic (exact) mass is 355 g/mol. The molecule has 0 radical (unpaired) electrons. The van der Waals surface area contributed by atoms with E-state index < -0.39 is 0 Å². The Morgan fingerprint density at radius 1 is 1.21 bits per heavy atom. The van der Waals surface area contributed by atoms with Gasteiger partial charge >= 0.3 is 0 Å². The van der Waals surface area contributed by atoms with E-state index in [0.717, 1.165) is 28.0 Å². The molecule has 5 nitrogen and oxygen atoms in total. The van der Waals surface area contributed by atoms with Crippen molar-refractivity contribution in [1.82, 2.24) is 9.55 Å². The van der Waals surface area contributed by atoms with Gasteiger partial charge in [-0.15, -0.1) is 0 Å². The molecule has 0 atom stereocenters. The van der Waals surface area contributed by atoms with Gasteiger partial charge in [-0.05, 0) is 48.8 Å². The molecule has 0 spiro atoms. The summed E-state index contributed by atoms with van der Waals surface area (Å²) < 4.78 is 2.17. The predicted molar refractivity (Wildman–Crippen MR) is 95.4 cm³/mol. The smallest absolute Gasteiger partial charge is 0.123 e. The van der Waals surface area contributed by atoms with E-state index in [1.54, 1.807) is 27.7 Å². The van der Waals surface area contributed by atoms with Crippen molar-refractivity contribution in [2.24, 2.45) is 5.73 Å². The van der Waals surface area contributed by atoms with Crippen molar-refractivity contribution in [2.75, 3.05) is 0 Å². The minimum absolute atomic E-state index is 0.432. The third-order valence-electron chi connectivity index (χ3n) is 3.87. The lowest BCUT2D eigenvalue weighted by atomic mass is 10.1. The average Bonchev–Trinajstić information content (AvgIpc) is 3.40. The summed E-state index contributed by atoms with van der Waals surface area (Å²) in [6, 6.07) is 9.44. The van der Waals surface area contributed by atoms with E-state index in [1.807, 2.05) is 12.1 Å². The third-order valence-corrected chi connectivity index (χ3v) is 6.27. The molecule has 0 bridgehead atoms. The van der Waals surface area contributed by atoms with Gasteiger partial charge in [0, 0.05) is 17.4 Å². The number of imidazole rings is 1. The summed E-state index contributed by atoms with van der Waals surface area (Å²) in [6.45, 7) is 3.36. The zero-order valence-corrected chi connectivity index (χ0v) is 15.0.